The fourth-order valence-corrected chi connectivity index (χ4v) is 8.91. The number of oxime groups is 1. The van der Waals surface area contributed by atoms with Crippen molar-refractivity contribution < 1.29 is 28.9 Å². The molecule has 270 valence electrons. The number of fused-ring (bicyclic) bond motifs is 2. The van der Waals surface area contributed by atoms with Crippen molar-refractivity contribution in [2.45, 2.75) is 43.4 Å². The molecule has 2 saturated heterocycles. The van der Waals surface area contributed by atoms with Crippen LogP contribution >= 0.6 is 34.7 Å². The molecule has 7 rings (SSSR count). The number of aliphatic imine (C=N–C) groups is 1. The lowest BCUT2D eigenvalue weighted by molar-refractivity contribution is -0.663. The number of nitrogen functional groups attached to an aromatic ring is 1. The van der Waals surface area contributed by atoms with E-state index in [4.69, 9.17) is 32.9 Å². The molecule has 1 aromatic carbocycles. The Morgan fingerprint density at radius 1 is 1.25 bits per heavy atom. The fourth-order valence-electron chi connectivity index (χ4n) is 6.65. The number of thiazole rings is 1. The molecule has 2 fully saturated rings. The van der Waals surface area contributed by atoms with Crippen molar-refractivity contribution in [2.24, 2.45) is 15.9 Å². The zero-order valence-corrected chi connectivity index (χ0v) is 30.4. The number of nitrogens with two attached hydrogens (primary N) is 2. The first-order valence-electron chi connectivity index (χ1n) is 16.5. The minimum Gasteiger partial charge on any atom is -0.477 e. The Morgan fingerprint density at radius 3 is 2.75 bits per heavy atom. The smallest absolute Gasteiger partial charge is 0.352 e. The standard InChI is InChI=1S/C34H35ClN10O5S2/c1-50-42-25(24-28(35)52-34(37)41-24)30(46)40-26-31(47)45-27(33(48)49)20(17-51-32(26)45)16-43-12-3-5-22-23(43)10-13-44(22)15-18-6-8-19(9-7-18)29(36)39-21-4-2-11-38-14-21/h3,5-10,12-13,21,26,32,38H,2,4,11,14-17H2,1H3,(H5-,36,37,39,40,41,46,48,49)/p+1/b42-25-/t21?,26-,32-/m1/s1. The van der Waals surface area contributed by atoms with Gasteiger partial charge >= 0.3 is 5.97 Å². The van der Waals surface area contributed by atoms with Crippen LogP contribution in [-0.4, -0.2) is 92.3 Å². The van der Waals surface area contributed by atoms with Gasteiger partial charge in [0, 0.05) is 48.3 Å². The second kappa shape index (κ2) is 14.9. The molecule has 4 aromatic rings. The molecule has 15 nitrogen and oxygen atoms in total. The van der Waals surface area contributed by atoms with Gasteiger partial charge in [-0.2, -0.15) is 4.57 Å². The Labute approximate surface area is 311 Å². The second-order valence-corrected chi connectivity index (χ2v) is 15.2. The third-order valence-electron chi connectivity index (χ3n) is 9.13. The summed E-state index contributed by atoms with van der Waals surface area (Å²) in [5.41, 5.74) is 16.2. The number of carbonyl (C=O) groups excluding carboxylic acids is 2. The van der Waals surface area contributed by atoms with E-state index in [0.29, 0.717) is 23.7 Å². The van der Waals surface area contributed by atoms with E-state index in [2.05, 4.69) is 25.3 Å². The average molecular weight is 764 g/mol. The molecule has 18 heteroatoms. The number of carbonyl (C=O) groups is 3. The number of benzene rings is 1. The van der Waals surface area contributed by atoms with Crippen molar-refractivity contribution in [3.8, 4) is 0 Å². The minimum atomic E-state index is -1.22. The Hall–Kier alpha value is -4.97. The predicted octanol–water partition coefficient (Wildman–Crippen LogP) is 1.92. The quantitative estimate of drug-likeness (QED) is 0.0493. The number of piperidine rings is 1. The number of nitrogens with one attached hydrogen (secondary N) is 2. The number of halogens is 1. The van der Waals surface area contributed by atoms with Crippen LogP contribution in [0.1, 0.15) is 29.7 Å². The van der Waals surface area contributed by atoms with Crippen molar-refractivity contribution in [3.63, 3.8) is 0 Å². The van der Waals surface area contributed by atoms with Gasteiger partial charge in [0.15, 0.2) is 23.6 Å². The first kappa shape index (κ1) is 35.4. The van der Waals surface area contributed by atoms with Gasteiger partial charge in [0.2, 0.25) is 5.52 Å². The largest absolute Gasteiger partial charge is 0.477 e. The molecule has 0 spiro atoms. The van der Waals surface area contributed by atoms with Crippen molar-refractivity contribution in [1.29, 1.82) is 0 Å². The van der Waals surface area contributed by atoms with Crippen LogP contribution in [0.3, 0.4) is 0 Å². The molecular formula is C34H36ClN10O5S2+. The Morgan fingerprint density at radius 2 is 2.06 bits per heavy atom. The number of hydrogen-bond acceptors (Lipinski definition) is 11. The van der Waals surface area contributed by atoms with Gasteiger partial charge in [-0.1, -0.05) is 52.4 Å². The molecule has 3 aliphatic heterocycles. The lowest BCUT2D eigenvalue weighted by Crippen LogP contribution is -2.71. The van der Waals surface area contributed by atoms with Gasteiger partial charge in [0.05, 0.1) is 6.04 Å². The molecule has 3 atom stereocenters. The van der Waals surface area contributed by atoms with Crippen LogP contribution in [0.5, 0.6) is 0 Å². The SMILES string of the molecule is CO/N=C(\C(=O)N[C@@H]1C(=O)N2C(C(=O)O)=C(C[n+]3cccc4c3ccn4Cc3ccc(C(N)=NC4CCCNC4)cc3)CS[C@H]12)c1nc(N)sc1Cl. The van der Waals surface area contributed by atoms with Crippen LogP contribution in [0.2, 0.25) is 4.34 Å². The summed E-state index contributed by atoms with van der Waals surface area (Å²) in [5, 5.41) is 19.6. The molecule has 1 unspecified atom stereocenters. The topological polar surface area (TPSA) is 206 Å². The lowest BCUT2D eigenvalue weighted by atomic mass is 10.0. The number of aliphatic carboxylic acids is 1. The van der Waals surface area contributed by atoms with E-state index in [-0.39, 0.29) is 39.2 Å². The van der Waals surface area contributed by atoms with E-state index >= 15 is 0 Å². The number of anilines is 1. The lowest BCUT2D eigenvalue weighted by Gasteiger charge is -2.49. The van der Waals surface area contributed by atoms with Gasteiger partial charge in [-0.25, -0.2) is 9.78 Å². The molecule has 3 aromatic heterocycles. The molecular weight excluding hydrogens is 728 g/mol. The van der Waals surface area contributed by atoms with Crippen molar-refractivity contribution in [3.05, 3.63) is 87.3 Å². The number of rotatable bonds is 11. The van der Waals surface area contributed by atoms with Crippen molar-refractivity contribution in [2.75, 3.05) is 31.7 Å². The Balaban J connectivity index is 1.06. The van der Waals surface area contributed by atoms with Crippen LogP contribution in [0.25, 0.3) is 11.0 Å². The van der Waals surface area contributed by atoms with Crippen LogP contribution in [0, 0.1) is 0 Å². The van der Waals surface area contributed by atoms with Gasteiger partial charge in [0.1, 0.15) is 45.6 Å². The fraction of sp³-hybridized carbons (Fsp3) is 0.324. The third kappa shape index (κ3) is 6.96. The van der Waals surface area contributed by atoms with Gasteiger partial charge in [-0.15, -0.1) is 11.8 Å². The number of β-lactam (4-membered cyclic amide) rings is 1. The highest BCUT2D eigenvalue weighted by Crippen LogP contribution is 2.40. The predicted molar refractivity (Wildman–Crippen MR) is 199 cm³/mol. The van der Waals surface area contributed by atoms with Crippen LogP contribution in [0.15, 0.2) is 76.3 Å². The summed E-state index contributed by atoms with van der Waals surface area (Å²) in [5.74, 6) is -1.66. The molecule has 52 heavy (non-hydrogen) atoms. The summed E-state index contributed by atoms with van der Waals surface area (Å²) in [7, 11) is 1.26. The molecule has 3 aliphatic rings. The van der Waals surface area contributed by atoms with Crippen LogP contribution in [-0.2, 0) is 32.3 Å². The molecule has 0 aliphatic carbocycles. The first-order chi connectivity index (χ1) is 25.1. The maximum Gasteiger partial charge on any atom is 0.352 e. The summed E-state index contributed by atoms with van der Waals surface area (Å²) in [6.45, 7) is 2.74. The number of nitrogens with zero attached hydrogens (tertiary/aromatic N) is 6. The number of aromatic nitrogens is 3. The van der Waals surface area contributed by atoms with Crippen LogP contribution < -0.4 is 26.7 Å². The summed E-state index contributed by atoms with van der Waals surface area (Å²) in [4.78, 5) is 54.1. The number of amides is 2. The van der Waals surface area contributed by atoms with Gasteiger partial charge < -0.3 is 36.6 Å². The zero-order chi connectivity index (χ0) is 36.5. The minimum absolute atomic E-state index is 0.0214. The maximum absolute atomic E-state index is 13.4. The number of carboxylic acid groups (broad SMARTS) is 1. The van der Waals surface area contributed by atoms with E-state index in [0.717, 1.165) is 59.4 Å². The number of thioether (sulfide) groups is 1. The van der Waals surface area contributed by atoms with Gasteiger partial charge in [-0.3, -0.25) is 19.5 Å². The molecule has 2 amide bonds. The first-order valence-corrected chi connectivity index (χ1v) is 18.7. The highest BCUT2D eigenvalue weighted by molar-refractivity contribution is 8.00. The highest BCUT2D eigenvalue weighted by Gasteiger charge is 2.55. The van der Waals surface area contributed by atoms with E-state index < -0.39 is 29.2 Å². The molecule has 7 N–H and O–H groups in total. The normalized spacial score (nSPS) is 20.8. The molecule has 6 heterocycles. The summed E-state index contributed by atoms with van der Waals surface area (Å²) < 4.78 is 4.24. The van der Waals surface area contributed by atoms with E-state index in [1.165, 1.54) is 23.8 Å². The van der Waals surface area contributed by atoms with Gasteiger partial charge in [0.25, 0.3) is 11.8 Å². The summed E-state index contributed by atoms with van der Waals surface area (Å²) in [6.07, 6.45) is 6.02. The van der Waals surface area contributed by atoms with E-state index in [1.807, 2.05) is 59.4 Å². The van der Waals surface area contributed by atoms with Crippen molar-refractivity contribution >= 4 is 80.2 Å². The monoisotopic (exact) mass is 763 g/mol. The maximum atomic E-state index is 13.4. The average Bonchev–Trinajstić information content (AvgIpc) is 3.71. The molecule has 0 saturated carbocycles. The van der Waals surface area contributed by atoms with E-state index in [9.17, 15) is 19.5 Å². The number of carboxylic acids is 1. The Bertz CT molecular complexity index is 2140. The van der Waals surface area contributed by atoms with Gasteiger partial charge in [-0.05, 0) is 31.0 Å². The second-order valence-electron chi connectivity index (χ2n) is 12.5. The molecule has 0 bridgehead atoms. The van der Waals surface area contributed by atoms with Crippen molar-refractivity contribution in [1.82, 2.24) is 25.1 Å². The van der Waals surface area contributed by atoms with Crippen LogP contribution in [0.4, 0.5) is 5.13 Å². The summed E-state index contributed by atoms with van der Waals surface area (Å²) in [6, 6.07) is 13.2. The number of amidine groups is 1. The Kier molecular flexibility index (Phi) is 10.2. The highest BCUT2D eigenvalue weighted by atomic mass is 35.5. The number of hydrogen-bond donors (Lipinski definition) is 5. The number of pyridine rings is 1. The third-order valence-corrected chi connectivity index (χ3v) is 11.6. The van der Waals surface area contributed by atoms with E-state index in [1.54, 1.807) is 0 Å². The summed E-state index contributed by atoms with van der Waals surface area (Å²) >= 11 is 8.52. The zero-order valence-electron chi connectivity index (χ0n) is 28.0. The molecule has 0 radical (unpaired) electrons.